The van der Waals surface area contributed by atoms with Crippen molar-refractivity contribution in [2.75, 3.05) is 11.9 Å². The van der Waals surface area contributed by atoms with Gasteiger partial charge in [0, 0.05) is 10.7 Å². The highest BCUT2D eigenvalue weighted by molar-refractivity contribution is 6.30. The van der Waals surface area contributed by atoms with Crippen molar-refractivity contribution in [3.8, 4) is 11.5 Å². The Bertz CT molecular complexity index is 777. The molecule has 7 heteroatoms. The van der Waals surface area contributed by atoms with E-state index in [1.54, 1.807) is 42.5 Å². The molecule has 0 aromatic heterocycles. The number of amides is 1. The number of rotatable bonds is 4. The van der Waals surface area contributed by atoms with Gasteiger partial charge in [0.15, 0.2) is 17.6 Å². The van der Waals surface area contributed by atoms with Gasteiger partial charge in [-0.1, -0.05) is 23.7 Å². The van der Waals surface area contributed by atoms with E-state index in [4.69, 9.17) is 25.8 Å². The van der Waals surface area contributed by atoms with Gasteiger partial charge in [-0.25, -0.2) is 4.79 Å². The fourth-order valence-corrected chi connectivity index (χ4v) is 2.34. The molecule has 0 unspecified atom stereocenters. The molecule has 2 aromatic rings. The minimum Gasteiger partial charge on any atom is -0.485 e. The second-order valence-electron chi connectivity index (χ2n) is 5.44. The lowest BCUT2D eigenvalue weighted by Gasteiger charge is -2.25. The standard InChI is InChI=1S/C18H16ClNO5/c1-11(17(21)20-13-8-6-12(19)7-9-13)24-18(22)16-10-23-14-4-2-3-5-15(14)25-16/h2-9,11,16H,10H2,1H3,(H,20,21)/t11-,16+/m1/s1. The number of nitrogens with one attached hydrogen (secondary N) is 1. The quantitative estimate of drug-likeness (QED) is 0.847. The number of carbonyl (C=O) groups is 2. The number of para-hydroxylation sites is 2. The van der Waals surface area contributed by atoms with Crippen LogP contribution in [0.15, 0.2) is 48.5 Å². The number of hydrogen-bond acceptors (Lipinski definition) is 5. The highest BCUT2D eigenvalue weighted by Crippen LogP contribution is 2.31. The molecular formula is C18H16ClNO5. The summed E-state index contributed by atoms with van der Waals surface area (Å²) < 4.78 is 16.2. The third kappa shape index (κ3) is 4.22. The Morgan fingerprint density at radius 1 is 1.16 bits per heavy atom. The molecule has 130 valence electrons. The first kappa shape index (κ1) is 17.1. The van der Waals surface area contributed by atoms with Crippen molar-refractivity contribution in [1.29, 1.82) is 0 Å². The monoisotopic (exact) mass is 361 g/mol. The Morgan fingerprint density at radius 3 is 2.56 bits per heavy atom. The van der Waals surface area contributed by atoms with E-state index >= 15 is 0 Å². The van der Waals surface area contributed by atoms with Gasteiger partial charge in [0.2, 0.25) is 6.10 Å². The molecule has 0 saturated carbocycles. The lowest BCUT2D eigenvalue weighted by Crippen LogP contribution is -2.41. The molecule has 0 radical (unpaired) electrons. The van der Waals surface area contributed by atoms with Gasteiger partial charge in [0.25, 0.3) is 5.91 Å². The molecule has 0 fully saturated rings. The predicted molar refractivity (Wildman–Crippen MR) is 92.0 cm³/mol. The molecule has 0 aliphatic carbocycles. The van der Waals surface area contributed by atoms with Gasteiger partial charge in [-0.2, -0.15) is 0 Å². The third-order valence-corrected chi connectivity index (χ3v) is 3.80. The van der Waals surface area contributed by atoms with E-state index in [9.17, 15) is 9.59 Å². The number of ether oxygens (including phenoxy) is 3. The molecule has 1 N–H and O–H groups in total. The minimum atomic E-state index is -0.982. The van der Waals surface area contributed by atoms with Crippen LogP contribution < -0.4 is 14.8 Å². The molecule has 1 aliphatic rings. The van der Waals surface area contributed by atoms with E-state index in [-0.39, 0.29) is 6.61 Å². The maximum absolute atomic E-state index is 12.2. The maximum atomic E-state index is 12.2. The zero-order valence-corrected chi connectivity index (χ0v) is 14.2. The van der Waals surface area contributed by atoms with Gasteiger partial charge in [-0.05, 0) is 43.3 Å². The molecule has 2 atom stereocenters. The Kier molecular flexibility index (Phi) is 5.09. The Hall–Kier alpha value is -2.73. The highest BCUT2D eigenvalue weighted by Gasteiger charge is 2.31. The minimum absolute atomic E-state index is 0.0291. The van der Waals surface area contributed by atoms with Crippen LogP contribution in [-0.2, 0) is 14.3 Å². The van der Waals surface area contributed by atoms with Gasteiger partial charge in [-0.15, -0.1) is 0 Å². The zero-order valence-electron chi connectivity index (χ0n) is 13.4. The lowest BCUT2D eigenvalue weighted by molar-refractivity contribution is -0.162. The molecule has 1 amide bonds. The number of fused-ring (bicyclic) bond motifs is 1. The van der Waals surface area contributed by atoms with Crippen LogP contribution in [0.5, 0.6) is 11.5 Å². The summed E-state index contributed by atoms with van der Waals surface area (Å²) in [5.74, 6) is -0.0740. The van der Waals surface area contributed by atoms with E-state index in [1.165, 1.54) is 6.92 Å². The van der Waals surface area contributed by atoms with Gasteiger partial charge >= 0.3 is 5.97 Å². The number of hydrogen-bond donors (Lipinski definition) is 1. The Balaban J connectivity index is 1.55. The average molecular weight is 362 g/mol. The molecular weight excluding hydrogens is 346 g/mol. The second-order valence-corrected chi connectivity index (χ2v) is 5.88. The van der Waals surface area contributed by atoms with Crippen LogP contribution in [0, 0.1) is 0 Å². The summed E-state index contributed by atoms with van der Waals surface area (Å²) in [7, 11) is 0. The largest absolute Gasteiger partial charge is 0.485 e. The summed E-state index contributed by atoms with van der Waals surface area (Å²) in [4.78, 5) is 24.3. The van der Waals surface area contributed by atoms with Crippen molar-refractivity contribution in [1.82, 2.24) is 0 Å². The van der Waals surface area contributed by atoms with Crippen LogP contribution in [0.1, 0.15) is 6.92 Å². The number of esters is 1. The van der Waals surface area contributed by atoms with E-state index < -0.39 is 24.1 Å². The molecule has 2 aromatic carbocycles. The van der Waals surface area contributed by atoms with Crippen molar-refractivity contribution < 1.29 is 23.8 Å². The van der Waals surface area contributed by atoms with Crippen LogP contribution in [0.4, 0.5) is 5.69 Å². The van der Waals surface area contributed by atoms with Crippen molar-refractivity contribution in [3.63, 3.8) is 0 Å². The summed E-state index contributed by atoms with van der Waals surface area (Å²) in [6.45, 7) is 1.52. The van der Waals surface area contributed by atoms with E-state index in [2.05, 4.69) is 5.32 Å². The van der Waals surface area contributed by atoms with Gasteiger partial charge < -0.3 is 19.5 Å². The molecule has 0 bridgehead atoms. The number of benzene rings is 2. The van der Waals surface area contributed by atoms with Gasteiger partial charge in [0.05, 0.1) is 0 Å². The van der Waals surface area contributed by atoms with E-state index in [1.807, 2.05) is 6.07 Å². The van der Waals surface area contributed by atoms with Crippen LogP contribution in [-0.4, -0.2) is 30.7 Å². The first-order chi connectivity index (χ1) is 12.0. The molecule has 1 aliphatic heterocycles. The first-order valence-electron chi connectivity index (χ1n) is 7.68. The van der Waals surface area contributed by atoms with E-state index in [0.29, 0.717) is 22.2 Å². The Morgan fingerprint density at radius 2 is 1.84 bits per heavy atom. The number of halogens is 1. The van der Waals surface area contributed by atoms with Crippen molar-refractivity contribution in [3.05, 3.63) is 53.6 Å². The number of anilines is 1. The first-order valence-corrected chi connectivity index (χ1v) is 8.06. The van der Waals surface area contributed by atoms with Crippen LogP contribution in [0.2, 0.25) is 5.02 Å². The lowest BCUT2D eigenvalue weighted by atomic mass is 10.2. The topological polar surface area (TPSA) is 73.9 Å². The summed E-state index contributed by atoms with van der Waals surface area (Å²) in [6.07, 6.45) is -1.90. The predicted octanol–water partition coefficient (Wildman–Crippen LogP) is 3.05. The van der Waals surface area contributed by atoms with Gasteiger partial charge in [0.1, 0.15) is 6.61 Å². The van der Waals surface area contributed by atoms with Crippen molar-refractivity contribution in [2.24, 2.45) is 0 Å². The van der Waals surface area contributed by atoms with Crippen molar-refractivity contribution >= 4 is 29.2 Å². The molecule has 1 heterocycles. The molecule has 0 saturated heterocycles. The molecule has 3 rings (SSSR count). The molecule has 6 nitrogen and oxygen atoms in total. The fourth-order valence-electron chi connectivity index (χ4n) is 2.22. The summed E-state index contributed by atoms with van der Waals surface area (Å²) >= 11 is 5.79. The summed E-state index contributed by atoms with van der Waals surface area (Å²) in [6, 6.07) is 13.7. The smallest absolute Gasteiger partial charge is 0.351 e. The molecule has 0 spiro atoms. The maximum Gasteiger partial charge on any atom is 0.351 e. The fraction of sp³-hybridized carbons (Fsp3) is 0.222. The zero-order chi connectivity index (χ0) is 17.8. The van der Waals surface area contributed by atoms with Crippen LogP contribution >= 0.6 is 11.6 Å². The van der Waals surface area contributed by atoms with Gasteiger partial charge in [-0.3, -0.25) is 4.79 Å². The normalized spacial score (nSPS) is 16.6. The summed E-state index contributed by atoms with van der Waals surface area (Å²) in [5.41, 5.74) is 0.559. The highest BCUT2D eigenvalue weighted by atomic mass is 35.5. The summed E-state index contributed by atoms with van der Waals surface area (Å²) in [5, 5.41) is 3.21. The molecule has 25 heavy (non-hydrogen) atoms. The third-order valence-electron chi connectivity index (χ3n) is 3.55. The van der Waals surface area contributed by atoms with Crippen LogP contribution in [0.25, 0.3) is 0 Å². The SMILES string of the molecule is C[C@@H](OC(=O)[C@@H]1COc2ccccc2O1)C(=O)Nc1ccc(Cl)cc1. The second kappa shape index (κ2) is 7.44. The van der Waals surface area contributed by atoms with Crippen molar-refractivity contribution in [2.45, 2.75) is 19.1 Å². The number of carbonyl (C=O) groups excluding carboxylic acids is 2. The van der Waals surface area contributed by atoms with Crippen LogP contribution in [0.3, 0.4) is 0 Å². The van der Waals surface area contributed by atoms with E-state index in [0.717, 1.165) is 0 Å². The Labute approximate surface area is 149 Å². The average Bonchev–Trinajstić information content (AvgIpc) is 2.63.